The molecule has 22 heavy (non-hydrogen) atoms. The molecule has 0 aromatic rings. The molecule has 0 unspecified atom stereocenters. The minimum Gasteiger partial charge on any atom is -0.458 e. The van der Waals surface area contributed by atoms with E-state index in [1.54, 1.807) is 6.92 Å². The summed E-state index contributed by atoms with van der Waals surface area (Å²) >= 11 is 0. The number of esters is 2. The highest BCUT2D eigenvalue weighted by Gasteiger charge is 2.34. The van der Waals surface area contributed by atoms with E-state index in [2.05, 4.69) is 6.92 Å². The van der Waals surface area contributed by atoms with Crippen LogP contribution in [0.2, 0.25) is 0 Å². The van der Waals surface area contributed by atoms with Gasteiger partial charge in [-0.2, -0.15) is 0 Å². The van der Waals surface area contributed by atoms with Crippen LogP contribution in [0.1, 0.15) is 66.2 Å². The van der Waals surface area contributed by atoms with Crippen molar-refractivity contribution in [3.8, 4) is 0 Å². The minimum absolute atomic E-state index is 0.192. The lowest BCUT2D eigenvalue weighted by Gasteiger charge is -2.33. The van der Waals surface area contributed by atoms with Gasteiger partial charge in [0.15, 0.2) is 0 Å². The van der Waals surface area contributed by atoms with Crippen molar-refractivity contribution in [2.45, 2.75) is 84.5 Å². The Morgan fingerprint density at radius 1 is 1.36 bits per heavy atom. The maximum Gasteiger partial charge on any atom is 0.323 e. The third kappa shape index (κ3) is 5.59. The first-order valence-corrected chi connectivity index (χ1v) is 8.53. The summed E-state index contributed by atoms with van der Waals surface area (Å²) in [5.41, 5.74) is 5.84. The van der Waals surface area contributed by atoms with E-state index in [0.29, 0.717) is 6.42 Å². The summed E-state index contributed by atoms with van der Waals surface area (Å²) in [6.45, 7) is 7.54. The van der Waals surface area contributed by atoms with Crippen LogP contribution in [0.3, 0.4) is 0 Å². The number of rotatable bonds is 4. The Bertz CT molecular complexity index is 370. The Kier molecular flexibility index (Phi) is 7.87. The van der Waals surface area contributed by atoms with Crippen LogP contribution in [0, 0.1) is 11.8 Å². The van der Waals surface area contributed by atoms with E-state index in [1.807, 2.05) is 13.8 Å². The van der Waals surface area contributed by atoms with Gasteiger partial charge in [0.05, 0.1) is 5.92 Å². The second kappa shape index (κ2) is 9.13. The van der Waals surface area contributed by atoms with Gasteiger partial charge in [0.1, 0.15) is 18.2 Å². The molecule has 0 aromatic carbocycles. The van der Waals surface area contributed by atoms with Crippen molar-refractivity contribution in [3.05, 3.63) is 0 Å². The summed E-state index contributed by atoms with van der Waals surface area (Å²) in [4.78, 5) is 24.0. The molecule has 1 saturated heterocycles. The number of carbonyl (C=O) groups is 2. The molecule has 4 atom stereocenters. The Hall–Kier alpha value is -1.10. The second-order valence-electron chi connectivity index (χ2n) is 6.64. The molecule has 0 radical (unpaired) electrons. The maximum absolute atomic E-state index is 12.0. The number of carbonyl (C=O) groups excluding carboxylic acids is 2. The summed E-state index contributed by atoms with van der Waals surface area (Å²) < 4.78 is 11.2. The summed E-state index contributed by atoms with van der Waals surface area (Å²) in [5.74, 6) is -0.599. The SMILES string of the molecule is CCC[C@H]1CCCC[C@H](N)C(=O)O[C@@H](C)[C@@H]1OC(=O)C(C)C. The second-order valence-corrected chi connectivity index (χ2v) is 6.64. The van der Waals surface area contributed by atoms with Crippen molar-refractivity contribution in [1.29, 1.82) is 0 Å². The molecule has 1 rings (SSSR count). The smallest absolute Gasteiger partial charge is 0.323 e. The fourth-order valence-electron chi connectivity index (χ4n) is 2.92. The molecule has 1 aliphatic rings. The van der Waals surface area contributed by atoms with Crippen molar-refractivity contribution in [2.24, 2.45) is 17.6 Å². The van der Waals surface area contributed by atoms with Crippen molar-refractivity contribution in [1.82, 2.24) is 0 Å². The molecule has 0 amide bonds. The van der Waals surface area contributed by atoms with E-state index < -0.39 is 18.1 Å². The van der Waals surface area contributed by atoms with Gasteiger partial charge in [-0.25, -0.2) is 0 Å². The standard InChI is InChI=1S/C17H31NO4/c1-5-8-13-9-6-7-10-14(18)17(20)21-12(4)15(13)22-16(19)11(2)3/h11-15H,5-10,18H2,1-4H3/t12-,13-,14-,15-/m0/s1. The molecule has 5 nitrogen and oxygen atoms in total. The molecule has 1 fully saturated rings. The predicted octanol–water partition coefficient (Wildman–Crippen LogP) is 2.80. The largest absolute Gasteiger partial charge is 0.458 e. The first kappa shape index (κ1) is 18.9. The Morgan fingerprint density at radius 3 is 2.59 bits per heavy atom. The summed E-state index contributed by atoms with van der Waals surface area (Å²) in [7, 11) is 0. The molecule has 0 bridgehead atoms. The number of cyclic esters (lactones) is 1. The highest BCUT2D eigenvalue weighted by molar-refractivity contribution is 5.75. The Morgan fingerprint density at radius 2 is 2.00 bits per heavy atom. The lowest BCUT2D eigenvalue weighted by Crippen LogP contribution is -2.43. The topological polar surface area (TPSA) is 78.6 Å². The molecule has 2 N–H and O–H groups in total. The van der Waals surface area contributed by atoms with E-state index >= 15 is 0 Å². The monoisotopic (exact) mass is 313 g/mol. The van der Waals surface area contributed by atoms with Crippen LogP contribution < -0.4 is 5.73 Å². The van der Waals surface area contributed by atoms with Gasteiger partial charge in [-0.05, 0) is 32.1 Å². The first-order chi connectivity index (χ1) is 10.4. The first-order valence-electron chi connectivity index (χ1n) is 8.53. The number of nitrogens with two attached hydrogens (primary N) is 1. The van der Waals surface area contributed by atoms with Crippen molar-refractivity contribution >= 4 is 11.9 Å². The Balaban J connectivity index is 2.91. The van der Waals surface area contributed by atoms with Crippen molar-refractivity contribution in [2.75, 3.05) is 0 Å². The van der Waals surface area contributed by atoms with E-state index in [4.69, 9.17) is 15.2 Å². The van der Waals surface area contributed by atoms with Crippen LogP contribution in [-0.2, 0) is 19.1 Å². The zero-order valence-corrected chi connectivity index (χ0v) is 14.3. The fraction of sp³-hybridized carbons (Fsp3) is 0.882. The van der Waals surface area contributed by atoms with Gasteiger partial charge in [0.2, 0.25) is 0 Å². The van der Waals surface area contributed by atoms with Crippen LogP contribution in [-0.4, -0.2) is 30.2 Å². The maximum atomic E-state index is 12.0. The lowest BCUT2D eigenvalue weighted by atomic mass is 9.87. The van der Waals surface area contributed by atoms with Gasteiger partial charge < -0.3 is 15.2 Å². The van der Waals surface area contributed by atoms with Crippen LogP contribution >= 0.6 is 0 Å². The third-order valence-corrected chi connectivity index (χ3v) is 4.26. The number of hydrogen-bond acceptors (Lipinski definition) is 5. The van der Waals surface area contributed by atoms with Gasteiger partial charge in [-0.3, -0.25) is 9.59 Å². The summed E-state index contributed by atoms with van der Waals surface area (Å²) in [6.07, 6.45) is 4.65. The minimum atomic E-state index is -0.577. The molecule has 128 valence electrons. The molecule has 1 heterocycles. The number of hydrogen-bond donors (Lipinski definition) is 1. The Labute approximate surface area is 133 Å². The molecular formula is C17H31NO4. The van der Waals surface area contributed by atoms with Crippen molar-refractivity contribution in [3.63, 3.8) is 0 Å². The lowest BCUT2D eigenvalue weighted by molar-refractivity contribution is -0.175. The van der Waals surface area contributed by atoms with E-state index in [0.717, 1.165) is 32.1 Å². The van der Waals surface area contributed by atoms with E-state index in [9.17, 15) is 9.59 Å². The molecule has 0 aliphatic carbocycles. The van der Waals surface area contributed by atoms with Crippen LogP contribution in [0.25, 0.3) is 0 Å². The molecule has 5 heteroatoms. The van der Waals surface area contributed by atoms with Crippen LogP contribution in [0.5, 0.6) is 0 Å². The molecule has 1 aliphatic heterocycles. The van der Waals surface area contributed by atoms with Crippen LogP contribution in [0.4, 0.5) is 0 Å². The highest BCUT2D eigenvalue weighted by atomic mass is 16.6. The summed E-state index contributed by atoms with van der Waals surface area (Å²) in [6, 6.07) is -0.577. The normalized spacial score (nSPS) is 30.7. The summed E-state index contributed by atoms with van der Waals surface area (Å²) in [5, 5.41) is 0. The third-order valence-electron chi connectivity index (χ3n) is 4.26. The quantitative estimate of drug-likeness (QED) is 0.807. The average molecular weight is 313 g/mol. The molecular weight excluding hydrogens is 282 g/mol. The van der Waals surface area contributed by atoms with Crippen LogP contribution in [0.15, 0.2) is 0 Å². The molecule has 0 saturated carbocycles. The van der Waals surface area contributed by atoms with E-state index in [1.165, 1.54) is 0 Å². The van der Waals surface area contributed by atoms with Gasteiger partial charge in [0, 0.05) is 0 Å². The zero-order valence-electron chi connectivity index (χ0n) is 14.3. The van der Waals surface area contributed by atoms with Gasteiger partial charge >= 0.3 is 11.9 Å². The highest BCUT2D eigenvalue weighted by Crippen LogP contribution is 2.27. The number of ether oxygens (including phenoxy) is 2. The van der Waals surface area contributed by atoms with E-state index in [-0.39, 0.29) is 23.9 Å². The fourth-order valence-corrected chi connectivity index (χ4v) is 2.92. The van der Waals surface area contributed by atoms with Gasteiger partial charge in [0.25, 0.3) is 0 Å². The van der Waals surface area contributed by atoms with Gasteiger partial charge in [-0.15, -0.1) is 0 Å². The zero-order chi connectivity index (χ0) is 16.7. The molecule has 0 aromatic heterocycles. The van der Waals surface area contributed by atoms with Gasteiger partial charge in [-0.1, -0.05) is 40.0 Å². The van der Waals surface area contributed by atoms with Crippen molar-refractivity contribution < 1.29 is 19.1 Å². The predicted molar refractivity (Wildman–Crippen MR) is 85.1 cm³/mol. The average Bonchev–Trinajstić information content (AvgIpc) is 2.46. The molecule has 0 spiro atoms.